The zero-order valence-electron chi connectivity index (χ0n) is 10.9. The number of hydrogen-bond donors (Lipinski definition) is 1. The van der Waals surface area contributed by atoms with Crippen molar-refractivity contribution in [3.8, 4) is 0 Å². The molecule has 3 nitrogen and oxygen atoms in total. The third kappa shape index (κ3) is 3.67. The monoisotopic (exact) mass is 268 g/mol. The van der Waals surface area contributed by atoms with Gasteiger partial charge in [0.15, 0.2) is 0 Å². The Morgan fingerprint density at radius 2 is 2.28 bits per heavy atom. The van der Waals surface area contributed by atoms with Crippen LogP contribution in [0.5, 0.6) is 0 Å². The van der Waals surface area contributed by atoms with Crippen LogP contribution in [0.3, 0.4) is 0 Å². The molecule has 4 heteroatoms. The van der Waals surface area contributed by atoms with E-state index in [1.807, 2.05) is 12.3 Å². The Morgan fingerprint density at radius 1 is 1.50 bits per heavy atom. The Balaban J connectivity index is 2.05. The number of hydrogen-bond acceptors (Lipinski definition) is 3. The summed E-state index contributed by atoms with van der Waals surface area (Å²) in [6.45, 7) is 4.87. The van der Waals surface area contributed by atoms with Crippen molar-refractivity contribution in [2.45, 2.75) is 32.2 Å². The van der Waals surface area contributed by atoms with E-state index in [0.717, 1.165) is 50.0 Å². The molecule has 0 saturated carbocycles. The predicted molar refractivity (Wildman–Crippen MR) is 73.8 cm³/mol. The van der Waals surface area contributed by atoms with Crippen LogP contribution >= 0.6 is 11.6 Å². The van der Waals surface area contributed by atoms with Crippen LogP contribution in [0.15, 0.2) is 18.5 Å². The summed E-state index contributed by atoms with van der Waals surface area (Å²) in [5.74, 6) is 0.729. The van der Waals surface area contributed by atoms with Crippen LogP contribution < -0.4 is 5.32 Å². The lowest BCUT2D eigenvalue weighted by Crippen LogP contribution is -2.26. The van der Waals surface area contributed by atoms with Gasteiger partial charge in [0.1, 0.15) is 0 Å². The average Bonchev–Trinajstić information content (AvgIpc) is 2.40. The molecule has 1 unspecified atom stereocenters. The normalized spacial score (nSPS) is 18.8. The lowest BCUT2D eigenvalue weighted by atomic mass is 9.89. The SMILES string of the molecule is CCNC(CC1CCOCC1)c1ccncc1Cl. The molecular weight excluding hydrogens is 248 g/mol. The summed E-state index contributed by atoms with van der Waals surface area (Å²) in [6.07, 6.45) is 6.98. The van der Waals surface area contributed by atoms with Gasteiger partial charge < -0.3 is 10.1 Å². The van der Waals surface area contributed by atoms with Crippen LogP contribution in [0.2, 0.25) is 5.02 Å². The van der Waals surface area contributed by atoms with Gasteiger partial charge in [-0.25, -0.2) is 0 Å². The van der Waals surface area contributed by atoms with E-state index in [-0.39, 0.29) is 0 Å². The van der Waals surface area contributed by atoms with E-state index in [2.05, 4.69) is 17.2 Å². The second-order valence-electron chi connectivity index (χ2n) is 4.80. The van der Waals surface area contributed by atoms with Crippen LogP contribution in [0.1, 0.15) is 37.8 Å². The first-order valence-corrected chi connectivity index (χ1v) is 7.09. The molecule has 2 rings (SSSR count). The van der Waals surface area contributed by atoms with E-state index in [4.69, 9.17) is 16.3 Å². The smallest absolute Gasteiger partial charge is 0.0637 e. The molecule has 1 aliphatic rings. The molecule has 0 aliphatic carbocycles. The Labute approximate surface area is 114 Å². The maximum absolute atomic E-state index is 6.25. The topological polar surface area (TPSA) is 34.1 Å². The number of nitrogens with zero attached hydrogens (tertiary/aromatic N) is 1. The molecule has 0 amide bonds. The van der Waals surface area contributed by atoms with Crippen molar-refractivity contribution in [1.29, 1.82) is 0 Å². The molecule has 1 fully saturated rings. The van der Waals surface area contributed by atoms with Gasteiger partial charge in [-0.3, -0.25) is 4.98 Å². The van der Waals surface area contributed by atoms with Crippen LogP contribution in [-0.2, 0) is 4.74 Å². The molecule has 0 aromatic carbocycles. The van der Waals surface area contributed by atoms with E-state index in [0.29, 0.717) is 6.04 Å². The number of halogens is 1. The van der Waals surface area contributed by atoms with Crippen LogP contribution in [0.4, 0.5) is 0 Å². The highest BCUT2D eigenvalue weighted by atomic mass is 35.5. The van der Waals surface area contributed by atoms with Crippen molar-refractivity contribution in [2.24, 2.45) is 5.92 Å². The van der Waals surface area contributed by atoms with Crippen molar-refractivity contribution in [3.05, 3.63) is 29.0 Å². The third-order valence-electron chi connectivity index (χ3n) is 3.54. The number of aromatic nitrogens is 1. The fourth-order valence-electron chi connectivity index (χ4n) is 2.55. The molecule has 1 aromatic heterocycles. The van der Waals surface area contributed by atoms with Crippen molar-refractivity contribution in [2.75, 3.05) is 19.8 Å². The van der Waals surface area contributed by atoms with Crippen LogP contribution in [-0.4, -0.2) is 24.7 Å². The highest BCUT2D eigenvalue weighted by molar-refractivity contribution is 6.31. The number of pyridine rings is 1. The maximum Gasteiger partial charge on any atom is 0.0637 e. The van der Waals surface area contributed by atoms with Gasteiger partial charge >= 0.3 is 0 Å². The first kappa shape index (κ1) is 13.8. The number of ether oxygens (including phenoxy) is 1. The molecule has 1 saturated heterocycles. The molecule has 1 N–H and O–H groups in total. The van der Waals surface area contributed by atoms with Crippen molar-refractivity contribution >= 4 is 11.6 Å². The molecule has 1 aliphatic heterocycles. The molecular formula is C14H21ClN2O. The quantitative estimate of drug-likeness (QED) is 0.891. The van der Waals surface area contributed by atoms with Crippen molar-refractivity contribution in [3.63, 3.8) is 0 Å². The van der Waals surface area contributed by atoms with Gasteiger partial charge in [-0.1, -0.05) is 18.5 Å². The van der Waals surface area contributed by atoms with E-state index < -0.39 is 0 Å². The van der Waals surface area contributed by atoms with E-state index in [9.17, 15) is 0 Å². The zero-order chi connectivity index (χ0) is 12.8. The maximum atomic E-state index is 6.25. The second-order valence-corrected chi connectivity index (χ2v) is 5.21. The summed E-state index contributed by atoms with van der Waals surface area (Å²) >= 11 is 6.25. The van der Waals surface area contributed by atoms with E-state index in [1.54, 1.807) is 6.20 Å². The molecule has 0 radical (unpaired) electrons. The summed E-state index contributed by atoms with van der Waals surface area (Å²) in [7, 11) is 0. The lowest BCUT2D eigenvalue weighted by molar-refractivity contribution is 0.0606. The fraction of sp³-hybridized carbons (Fsp3) is 0.643. The Hall–Kier alpha value is -0.640. The number of nitrogens with one attached hydrogen (secondary N) is 1. The molecule has 0 bridgehead atoms. The first-order valence-electron chi connectivity index (χ1n) is 6.71. The molecule has 1 aromatic rings. The minimum absolute atomic E-state index is 0.327. The zero-order valence-corrected chi connectivity index (χ0v) is 11.6. The second kappa shape index (κ2) is 7.07. The van der Waals surface area contributed by atoms with Crippen LogP contribution in [0, 0.1) is 5.92 Å². The lowest BCUT2D eigenvalue weighted by Gasteiger charge is -2.27. The van der Waals surface area contributed by atoms with Crippen LogP contribution in [0.25, 0.3) is 0 Å². The van der Waals surface area contributed by atoms with Gasteiger partial charge in [0.25, 0.3) is 0 Å². The molecule has 2 heterocycles. The predicted octanol–water partition coefficient (Wildman–Crippen LogP) is 3.20. The highest BCUT2D eigenvalue weighted by Gasteiger charge is 2.21. The standard InChI is InChI=1S/C14H21ClN2O/c1-2-17-14(9-11-4-7-18-8-5-11)12-3-6-16-10-13(12)15/h3,6,10-11,14,17H,2,4-5,7-9H2,1H3. The minimum atomic E-state index is 0.327. The van der Waals surface area contributed by atoms with Gasteiger partial charge in [-0.05, 0) is 43.4 Å². The van der Waals surface area contributed by atoms with E-state index >= 15 is 0 Å². The third-order valence-corrected chi connectivity index (χ3v) is 3.86. The summed E-state index contributed by atoms with van der Waals surface area (Å²) in [4.78, 5) is 4.05. The minimum Gasteiger partial charge on any atom is -0.381 e. The fourth-order valence-corrected chi connectivity index (χ4v) is 2.80. The van der Waals surface area contributed by atoms with Gasteiger partial charge in [0.05, 0.1) is 5.02 Å². The van der Waals surface area contributed by atoms with Gasteiger partial charge in [0.2, 0.25) is 0 Å². The summed E-state index contributed by atoms with van der Waals surface area (Å²) in [5.41, 5.74) is 1.17. The van der Waals surface area contributed by atoms with Crippen molar-refractivity contribution < 1.29 is 4.74 Å². The van der Waals surface area contributed by atoms with Gasteiger partial charge in [-0.15, -0.1) is 0 Å². The summed E-state index contributed by atoms with van der Waals surface area (Å²) < 4.78 is 5.41. The van der Waals surface area contributed by atoms with E-state index in [1.165, 1.54) is 5.56 Å². The molecule has 100 valence electrons. The largest absolute Gasteiger partial charge is 0.381 e. The molecule has 18 heavy (non-hydrogen) atoms. The highest BCUT2D eigenvalue weighted by Crippen LogP contribution is 2.30. The molecule has 0 spiro atoms. The molecule has 1 atom stereocenters. The average molecular weight is 269 g/mol. The first-order chi connectivity index (χ1) is 8.81. The van der Waals surface area contributed by atoms with Crippen molar-refractivity contribution in [1.82, 2.24) is 10.3 Å². The Morgan fingerprint density at radius 3 is 2.94 bits per heavy atom. The Bertz CT molecular complexity index is 367. The summed E-state index contributed by atoms with van der Waals surface area (Å²) in [6, 6.07) is 2.35. The van der Waals surface area contributed by atoms with Gasteiger partial charge in [0, 0.05) is 31.6 Å². The van der Waals surface area contributed by atoms with Gasteiger partial charge in [-0.2, -0.15) is 0 Å². The Kier molecular flexibility index (Phi) is 5.42. The summed E-state index contributed by atoms with van der Waals surface area (Å²) in [5, 5.41) is 4.29. The number of rotatable bonds is 5.